The molecule has 0 bridgehead atoms. The summed E-state index contributed by atoms with van der Waals surface area (Å²) < 4.78 is 0. The summed E-state index contributed by atoms with van der Waals surface area (Å²) in [6, 6.07) is 0. The highest BCUT2D eigenvalue weighted by atomic mass is 14.0. The molecule has 0 heterocycles. The van der Waals surface area contributed by atoms with Gasteiger partial charge in [0, 0.05) is 0 Å². The molecule has 0 N–H and O–H groups in total. The molecule has 1 atom stereocenters. The molecule has 0 aromatic heterocycles. The first-order valence-electron chi connectivity index (χ1n) is 4.63. The van der Waals surface area contributed by atoms with Gasteiger partial charge in [-0.05, 0) is 11.3 Å². The lowest BCUT2D eigenvalue weighted by Gasteiger charge is -2.08. The molecule has 0 aliphatic heterocycles. The first kappa shape index (κ1) is 14.0. The van der Waals surface area contributed by atoms with E-state index in [1.54, 1.807) is 0 Å². The summed E-state index contributed by atoms with van der Waals surface area (Å²) >= 11 is 0. The van der Waals surface area contributed by atoms with Gasteiger partial charge in [0.05, 0.1) is 0 Å². The fourth-order valence-corrected chi connectivity index (χ4v) is 0.167. The Labute approximate surface area is 78.4 Å². The van der Waals surface area contributed by atoms with Crippen LogP contribution in [0.25, 0.3) is 0 Å². The topological polar surface area (TPSA) is 0 Å². The van der Waals surface area contributed by atoms with Gasteiger partial charge in [-0.15, -0.1) is 13.2 Å². The van der Waals surface area contributed by atoms with Crippen LogP contribution >= 0.6 is 0 Å². The van der Waals surface area contributed by atoms with Gasteiger partial charge in [-0.2, -0.15) is 0 Å². The van der Waals surface area contributed by atoms with Gasteiger partial charge in [-0.25, -0.2) is 0 Å². The summed E-state index contributed by atoms with van der Waals surface area (Å²) in [7, 11) is 0. The average molecular weight is 168 g/mol. The Balaban J connectivity index is 0. The smallest absolute Gasteiger partial charge is 0.0206 e. The van der Waals surface area contributed by atoms with Gasteiger partial charge >= 0.3 is 0 Å². The second kappa shape index (κ2) is 7.15. The zero-order valence-corrected chi connectivity index (χ0v) is 9.35. The highest BCUT2D eigenvalue weighted by molar-refractivity contribution is 4.82. The van der Waals surface area contributed by atoms with Crippen molar-refractivity contribution in [3.63, 3.8) is 0 Å². The minimum absolute atomic E-state index is 0.306. The molecule has 0 rings (SSSR count). The van der Waals surface area contributed by atoms with E-state index >= 15 is 0 Å². The van der Waals surface area contributed by atoms with Gasteiger partial charge in [-0.3, -0.25) is 0 Å². The molecule has 0 aromatic carbocycles. The largest absolute Gasteiger partial charge is 0.103 e. The van der Waals surface area contributed by atoms with E-state index in [2.05, 4.69) is 47.8 Å². The van der Waals surface area contributed by atoms with Gasteiger partial charge in [0.25, 0.3) is 0 Å². The van der Waals surface area contributed by atoms with Crippen LogP contribution in [0.1, 0.15) is 41.0 Å². The first-order valence-corrected chi connectivity index (χ1v) is 4.63. The van der Waals surface area contributed by atoms with E-state index < -0.39 is 0 Å². The van der Waals surface area contributed by atoms with E-state index in [1.165, 1.54) is 6.42 Å². The zero-order valence-electron chi connectivity index (χ0n) is 9.35. The summed E-state index contributed by atoms with van der Waals surface area (Å²) in [5.41, 5.74) is 0.306. The Morgan fingerprint density at radius 1 is 1.25 bits per heavy atom. The normalized spacial score (nSPS) is 12.4. The van der Waals surface area contributed by atoms with Crippen molar-refractivity contribution in [2.24, 2.45) is 11.3 Å². The molecule has 0 spiro atoms. The van der Waals surface area contributed by atoms with Crippen molar-refractivity contribution in [3.8, 4) is 0 Å². The second-order valence-corrected chi connectivity index (χ2v) is 4.19. The molecule has 0 aliphatic carbocycles. The van der Waals surface area contributed by atoms with Gasteiger partial charge in [0.15, 0.2) is 0 Å². The van der Waals surface area contributed by atoms with Gasteiger partial charge < -0.3 is 0 Å². The van der Waals surface area contributed by atoms with E-state index in [1.807, 2.05) is 12.2 Å². The van der Waals surface area contributed by atoms with Crippen molar-refractivity contribution in [1.29, 1.82) is 0 Å². The maximum Gasteiger partial charge on any atom is -0.0206 e. The summed E-state index contributed by atoms with van der Waals surface area (Å²) in [5.74, 6) is 0.699. The van der Waals surface area contributed by atoms with Crippen LogP contribution in [0.4, 0.5) is 0 Å². The molecule has 0 aliphatic rings. The van der Waals surface area contributed by atoms with Crippen molar-refractivity contribution >= 4 is 0 Å². The Hall–Kier alpha value is -0.520. The van der Waals surface area contributed by atoms with E-state index in [0.29, 0.717) is 11.3 Å². The third kappa shape index (κ3) is 16.2. The molecule has 0 saturated heterocycles. The number of hydrogen-bond donors (Lipinski definition) is 0. The third-order valence-electron chi connectivity index (χ3n) is 1.66. The number of allylic oxidation sites excluding steroid dienone is 2. The molecule has 72 valence electrons. The summed E-state index contributed by atoms with van der Waals surface area (Å²) in [6.07, 6.45) is 5.12. The molecule has 0 heteroatoms. The van der Waals surface area contributed by atoms with E-state index in [0.717, 1.165) is 0 Å². The average Bonchev–Trinajstić information content (AvgIpc) is 2.03. The predicted octanol–water partition coefficient (Wildman–Crippen LogP) is 4.44. The number of hydrogen-bond acceptors (Lipinski definition) is 0. The summed E-state index contributed by atoms with van der Waals surface area (Å²) in [6.45, 7) is 18.0. The lowest BCUT2D eigenvalue weighted by atomic mass is 9.98. The van der Waals surface area contributed by atoms with Crippen LogP contribution in [0.3, 0.4) is 0 Å². The van der Waals surface area contributed by atoms with E-state index in [9.17, 15) is 0 Å². The Morgan fingerprint density at radius 3 is 1.58 bits per heavy atom. The summed E-state index contributed by atoms with van der Waals surface area (Å²) in [4.78, 5) is 0. The molecule has 0 nitrogen and oxygen atoms in total. The van der Waals surface area contributed by atoms with Crippen LogP contribution in [-0.4, -0.2) is 0 Å². The molecular formula is C12H24. The fraction of sp³-hybridized carbons (Fsp3) is 0.667. The molecule has 0 saturated carbocycles. The highest BCUT2D eigenvalue weighted by Crippen LogP contribution is 2.11. The van der Waals surface area contributed by atoms with Crippen molar-refractivity contribution in [2.75, 3.05) is 0 Å². The Bertz CT molecular complexity index is 114. The minimum Gasteiger partial charge on any atom is -0.103 e. The van der Waals surface area contributed by atoms with Crippen LogP contribution in [0.2, 0.25) is 0 Å². The quantitative estimate of drug-likeness (QED) is 0.535. The van der Waals surface area contributed by atoms with Crippen LogP contribution in [0.5, 0.6) is 0 Å². The van der Waals surface area contributed by atoms with Crippen LogP contribution in [0.15, 0.2) is 25.3 Å². The lowest BCUT2D eigenvalue weighted by Crippen LogP contribution is -1.96. The molecule has 0 radical (unpaired) electrons. The monoisotopic (exact) mass is 168 g/mol. The van der Waals surface area contributed by atoms with Crippen molar-refractivity contribution in [3.05, 3.63) is 25.3 Å². The van der Waals surface area contributed by atoms with Crippen molar-refractivity contribution in [2.45, 2.75) is 41.0 Å². The van der Waals surface area contributed by atoms with Crippen LogP contribution in [-0.2, 0) is 0 Å². The highest BCUT2D eigenvalue weighted by Gasteiger charge is 1.99. The molecule has 0 aromatic rings. The SMILES string of the molecule is C=CC(C)(C)C.C=CC(C)CC. The summed E-state index contributed by atoms with van der Waals surface area (Å²) in [5, 5.41) is 0. The molecule has 1 unspecified atom stereocenters. The van der Waals surface area contributed by atoms with Gasteiger partial charge in [0.1, 0.15) is 0 Å². The molecule has 0 fully saturated rings. The maximum atomic E-state index is 3.63. The predicted molar refractivity (Wildman–Crippen MR) is 59.3 cm³/mol. The Morgan fingerprint density at radius 2 is 1.58 bits per heavy atom. The standard InChI is InChI=1S/2C6H12/c1-5-6(2,3)4;1-4-6(3)5-2/h5H,1H2,2-4H3;4,6H,1,5H2,2-3H3. The first-order chi connectivity index (χ1) is 5.37. The second-order valence-electron chi connectivity index (χ2n) is 4.19. The van der Waals surface area contributed by atoms with Gasteiger partial charge in [-0.1, -0.05) is 53.2 Å². The van der Waals surface area contributed by atoms with Crippen molar-refractivity contribution < 1.29 is 0 Å². The van der Waals surface area contributed by atoms with E-state index in [-0.39, 0.29) is 0 Å². The van der Waals surface area contributed by atoms with Crippen molar-refractivity contribution in [1.82, 2.24) is 0 Å². The van der Waals surface area contributed by atoms with E-state index in [4.69, 9.17) is 0 Å². The molecule has 0 amide bonds. The Kier molecular flexibility index (Phi) is 8.36. The minimum atomic E-state index is 0.306. The van der Waals surface area contributed by atoms with Crippen LogP contribution in [0, 0.1) is 11.3 Å². The third-order valence-corrected chi connectivity index (χ3v) is 1.66. The number of rotatable bonds is 2. The maximum absolute atomic E-state index is 3.63. The molecule has 12 heavy (non-hydrogen) atoms. The molecular weight excluding hydrogens is 144 g/mol. The lowest BCUT2D eigenvalue weighted by molar-refractivity contribution is 0.546. The van der Waals surface area contributed by atoms with Gasteiger partial charge in [0.2, 0.25) is 0 Å². The van der Waals surface area contributed by atoms with Crippen LogP contribution < -0.4 is 0 Å². The zero-order chi connectivity index (χ0) is 10.2. The fourth-order valence-electron chi connectivity index (χ4n) is 0.167.